The van der Waals surface area contributed by atoms with Gasteiger partial charge in [0.25, 0.3) is 0 Å². The van der Waals surface area contributed by atoms with Crippen molar-refractivity contribution >= 4 is 16.7 Å². The van der Waals surface area contributed by atoms with Crippen LogP contribution in [0.1, 0.15) is 19.3 Å². The van der Waals surface area contributed by atoms with Crippen LogP contribution in [0.25, 0.3) is 0 Å². The van der Waals surface area contributed by atoms with Crippen LogP contribution < -0.4 is 5.32 Å². The summed E-state index contributed by atoms with van der Waals surface area (Å²) in [5.41, 5.74) is 0. The van der Waals surface area contributed by atoms with Gasteiger partial charge in [0.05, 0.1) is 10.8 Å². The van der Waals surface area contributed by atoms with Gasteiger partial charge >= 0.3 is 0 Å². The van der Waals surface area contributed by atoms with Gasteiger partial charge in [0.2, 0.25) is 5.91 Å². The Bertz CT molecular complexity index is 391. The Morgan fingerprint density at radius 3 is 2.75 bits per heavy atom. The van der Waals surface area contributed by atoms with E-state index >= 15 is 0 Å². The minimum absolute atomic E-state index is 0.0202. The van der Waals surface area contributed by atoms with Gasteiger partial charge in [0.1, 0.15) is 0 Å². The van der Waals surface area contributed by atoms with Crippen molar-refractivity contribution in [2.45, 2.75) is 29.4 Å². The first-order valence-electron chi connectivity index (χ1n) is 5.49. The van der Waals surface area contributed by atoms with Crippen molar-refractivity contribution in [2.24, 2.45) is 0 Å². The first-order chi connectivity index (χ1) is 7.77. The molecular formula is C12H15NO2S. The van der Waals surface area contributed by atoms with Gasteiger partial charge in [-0.3, -0.25) is 9.00 Å². The first-order valence-corrected chi connectivity index (χ1v) is 6.71. The molecule has 0 radical (unpaired) electrons. The average Bonchev–Trinajstić information content (AvgIpc) is 2.54. The Balaban J connectivity index is 2.12. The minimum Gasteiger partial charge on any atom is -0.356 e. The zero-order chi connectivity index (χ0) is 11.4. The fourth-order valence-electron chi connectivity index (χ4n) is 1.87. The molecule has 0 aromatic heterocycles. The van der Waals surface area contributed by atoms with Crippen LogP contribution in [-0.2, 0) is 15.6 Å². The van der Waals surface area contributed by atoms with Gasteiger partial charge in [-0.25, -0.2) is 0 Å². The molecule has 1 saturated heterocycles. The van der Waals surface area contributed by atoms with Crippen LogP contribution in [0.15, 0.2) is 35.2 Å². The monoisotopic (exact) mass is 237 g/mol. The predicted octanol–water partition coefficient (Wildman–Crippen LogP) is 1.46. The topological polar surface area (TPSA) is 46.2 Å². The van der Waals surface area contributed by atoms with E-state index in [0.717, 1.165) is 17.7 Å². The summed E-state index contributed by atoms with van der Waals surface area (Å²) < 4.78 is 12.2. The molecule has 16 heavy (non-hydrogen) atoms. The third-order valence-electron chi connectivity index (χ3n) is 2.72. The van der Waals surface area contributed by atoms with E-state index in [9.17, 15) is 9.00 Å². The van der Waals surface area contributed by atoms with E-state index in [1.807, 2.05) is 30.3 Å². The largest absolute Gasteiger partial charge is 0.356 e. The molecule has 1 aliphatic rings. The van der Waals surface area contributed by atoms with Crippen LogP contribution in [0, 0.1) is 0 Å². The number of carbonyl (C=O) groups excluding carboxylic acids is 1. The number of rotatable bonds is 2. The van der Waals surface area contributed by atoms with Crippen molar-refractivity contribution in [3.8, 4) is 0 Å². The molecule has 0 aliphatic carbocycles. The number of nitrogens with one attached hydrogen (secondary N) is 1. The maximum atomic E-state index is 12.2. The van der Waals surface area contributed by atoms with Crippen LogP contribution in [0.3, 0.4) is 0 Å². The van der Waals surface area contributed by atoms with Gasteiger partial charge < -0.3 is 5.32 Å². The number of benzene rings is 1. The van der Waals surface area contributed by atoms with Crippen molar-refractivity contribution in [1.29, 1.82) is 0 Å². The van der Waals surface area contributed by atoms with E-state index in [0.29, 0.717) is 13.0 Å². The molecule has 0 bridgehead atoms. The summed E-state index contributed by atoms with van der Waals surface area (Å²) in [5, 5.41) is 2.77. The maximum absolute atomic E-state index is 12.2. The fraction of sp³-hybridized carbons (Fsp3) is 0.417. The van der Waals surface area contributed by atoms with Crippen molar-refractivity contribution in [3.05, 3.63) is 30.3 Å². The predicted molar refractivity (Wildman–Crippen MR) is 63.5 cm³/mol. The summed E-state index contributed by atoms with van der Waals surface area (Å²) in [7, 11) is -1.06. The van der Waals surface area contributed by atoms with E-state index in [1.165, 1.54) is 0 Å². The van der Waals surface area contributed by atoms with Crippen LogP contribution >= 0.6 is 0 Å². The highest BCUT2D eigenvalue weighted by atomic mass is 32.2. The van der Waals surface area contributed by atoms with Gasteiger partial charge in [-0.15, -0.1) is 0 Å². The van der Waals surface area contributed by atoms with E-state index < -0.39 is 10.8 Å². The highest BCUT2D eigenvalue weighted by molar-refractivity contribution is 7.85. The zero-order valence-corrected chi connectivity index (χ0v) is 9.83. The summed E-state index contributed by atoms with van der Waals surface area (Å²) in [5.74, 6) is 0.0202. The number of hydrogen-bond donors (Lipinski definition) is 1. The van der Waals surface area contributed by atoms with Crippen LogP contribution in [0.4, 0.5) is 0 Å². The lowest BCUT2D eigenvalue weighted by molar-refractivity contribution is -0.120. The average molecular weight is 237 g/mol. The highest BCUT2D eigenvalue weighted by Crippen LogP contribution is 2.19. The van der Waals surface area contributed by atoms with Gasteiger partial charge in [0, 0.05) is 23.1 Å². The lowest BCUT2D eigenvalue weighted by atomic mass is 10.2. The summed E-state index contributed by atoms with van der Waals surface area (Å²) in [6, 6.07) is 9.38. The molecule has 1 heterocycles. The third-order valence-corrected chi connectivity index (χ3v) is 4.46. The first kappa shape index (κ1) is 11.3. The van der Waals surface area contributed by atoms with Crippen molar-refractivity contribution in [2.75, 3.05) is 6.54 Å². The SMILES string of the molecule is O=C1CC(S(=O)c2ccccc2)CCCN1. The molecule has 1 aliphatic heterocycles. The molecule has 1 aromatic carbocycles. The van der Waals surface area contributed by atoms with E-state index in [4.69, 9.17) is 0 Å². The third kappa shape index (κ3) is 2.70. The van der Waals surface area contributed by atoms with E-state index in [2.05, 4.69) is 5.32 Å². The number of hydrogen-bond acceptors (Lipinski definition) is 2. The van der Waals surface area contributed by atoms with Gasteiger partial charge in [-0.2, -0.15) is 0 Å². The second kappa shape index (κ2) is 5.25. The highest BCUT2D eigenvalue weighted by Gasteiger charge is 2.23. The van der Waals surface area contributed by atoms with Crippen molar-refractivity contribution < 1.29 is 9.00 Å². The van der Waals surface area contributed by atoms with Crippen LogP contribution in [-0.4, -0.2) is 21.9 Å². The minimum atomic E-state index is -1.06. The molecule has 2 unspecified atom stereocenters. The quantitative estimate of drug-likeness (QED) is 0.846. The molecule has 3 nitrogen and oxygen atoms in total. The Labute approximate surface area is 97.7 Å². The lowest BCUT2D eigenvalue weighted by Crippen LogP contribution is -2.25. The molecule has 2 atom stereocenters. The maximum Gasteiger partial charge on any atom is 0.221 e. The van der Waals surface area contributed by atoms with Gasteiger partial charge in [-0.05, 0) is 25.0 Å². The molecule has 1 amide bonds. The Kier molecular flexibility index (Phi) is 3.72. The molecule has 1 fully saturated rings. The molecule has 86 valence electrons. The summed E-state index contributed by atoms with van der Waals surface area (Å²) in [6.07, 6.45) is 2.14. The second-order valence-electron chi connectivity index (χ2n) is 3.93. The molecule has 4 heteroatoms. The van der Waals surface area contributed by atoms with Crippen LogP contribution in [0.5, 0.6) is 0 Å². The molecule has 1 aromatic rings. The molecule has 2 rings (SSSR count). The molecule has 0 spiro atoms. The Morgan fingerprint density at radius 2 is 2.00 bits per heavy atom. The Morgan fingerprint density at radius 1 is 1.25 bits per heavy atom. The summed E-state index contributed by atoms with van der Waals surface area (Å²) in [6.45, 7) is 0.710. The Hall–Kier alpha value is -1.16. The van der Waals surface area contributed by atoms with E-state index in [-0.39, 0.29) is 11.2 Å². The number of carbonyl (C=O) groups is 1. The van der Waals surface area contributed by atoms with Gasteiger partial charge in [-0.1, -0.05) is 18.2 Å². The normalized spacial score (nSPS) is 23.2. The zero-order valence-electron chi connectivity index (χ0n) is 9.02. The summed E-state index contributed by atoms with van der Waals surface area (Å²) >= 11 is 0. The van der Waals surface area contributed by atoms with Crippen molar-refractivity contribution in [3.63, 3.8) is 0 Å². The van der Waals surface area contributed by atoms with E-state index in [1.54, 1.807) is 0 Å². The molecule has 0 saturated carbocycles. The molecular weight excluding hydrogens is 222 g/mol. The summed E-state index contributed by atoms with van der Waals surface area (Å²) in [4.78, 5) is 12.2. The second-order valence-corrected chi connectivity index (χ2v) is 5.66. The molecule has 1 N–H and O–H groups in total. The van der Waals surface area contributed by atoms with Crippen LogP contribution in [0.2, 0.25) is 0 Å². The smallest absolute Gasteiger partial charge is 0.221 e. The van der Waals surface area contributed by atoms with Gasteiger partial charge in [0.15, 0.2) is 0 Å². The lowest BCUT2D eigenvalue weighted by Gasteiger charge is -2.12. The fourth-order valence-corrected chi connectivity index (χ4v) is 3.36. The van der Waals surface area contributed by atoms with Crippen molar-refractivity contribution in [1.82, 2.24) is 5.32 Å². The standard InChI is InChI=1S/C12H15NO2S/c14-12-9-11(7-4-8-13-12)16(15)10-5-2-1-3-6-10/h1-3,5-6,11H,4,7-9H2,(H,13,14). The number of amides is 1.